The van der Waals surface area contributed by atoms with Crippen LogP contribution < -0.4 is 14.8 Å². The maximum Gasteiger partial charge on any atom is 0.338 e. The van der Waals surface area contributed by atoms with Crippen molar-refractivity contribution < 1.29 is 33.3 Å². The van der Waals surface area contributed by atoms with E-state index in [0.717, 1.165) is 6.42 Å². The molecule has 1 fully saturated rings. The van der Waals surface area contributed by atoms with Gasteiger partial charge in [-0.3, -0.25) is 9.59 Å². The summed E-state index contributed by atoms with van der Waals surface area (Å²) in [5, 5.41) is 2.62. The summed E-state index contributed by atoms with van der Waals surface area (Å²) in [7, 11) is 1.43. The average molecular weight is 394 g/mol. The SMILES string of the molecule is CCCNC(=O)COC(=O)c1ccc(OCC(=O)N2CCOCC2)c(OC)c1. The number of amides is 2. The number of hydrogen-bond acceptors (Lipinski definition) is 7. The lowest BCUT2D eigenvalue weighted by atomic mass is 10.2. The lowest BCUT2D eigenvalue weighted by Gasteiger charge is -2.26. The molecule has 0 aromatic heterocycles. The van der Waals surface area contributed by atoms with Gasteiger partial charge in [-0.15, -0.1) is 0 Å². The van der Waals surface area contributed by atoms with Gasteiger partial charge < -0.3 is 29.2 Å². The zero-order chi connectivity index (χ0) is 20.4. The number of carbonyl (C=O) groups excluding carboxylic acids is 3. The van der Waals surface area contributed by atoms with Gasteiger partial charge in [-0.05, 0) is 24.6 Å². The molecule has 1 aromatic carbocycles. The van der Waals surface area contributed by atoms with Crippen LogP contribution >= 0.6 is 0 Å². The van der Waals surface area contributed by atoms with E-state index in [9.17, 15) is 14.4 Å². The number of nitrogens with zero attached hydrogens (tertiary/aromatic N) is 1. The van der Waals surface area contributed by atoms with Gasteiger partial charge in [-0.2, -0.15) is 0 Å². The highest BCUT2D eigenvalue weighted by Crippen LogP contribution is 2.28. The normalized spacial score (nSPS) is 13.6. The van der Waals surface area contributed by atoms with Crippen molar-refractivity contribution in [3.8, 4) is 11.5 Å². The van der Waals surface area contributed by atoms with Crippen LogP contribution in [-0.2, 0) is 19.1 Å². The van der Waals surface area contributed by atoms with E-state index in [0.29, 0.717) is 44.3 Å². The minimum atomic E-state index is -0.652. The van der Waals surface area contributed by atoms with Gasteiger partial charge in [0.05, 0.1) is 25.9 Å². The molecule has 0 unspecified atom stereocenters. The lowest BCUT2D eigenvalue weighted by Crippen LogP contribution is -2.43. The highest BCUT2D eigenvalue weighted by atomic mass is 16.5. The van der Waals surface area contributed by atoms with Gasteiger partial charge in [-0.1, -0.05) is 6.92 Å². The zero-order valence-electron chi connectivity index (χ0n) is 16.2. The molecule has 154 valence electrons. The van der Waals surface area contributed by atoms with Crippen molar-refractivity contribution in [1.29, 1.82) is 0 Å². The summed E-state index contributed by atoms with van der Waals surface area (Å²) in [6.45, 7) is 4.07. The molecule has 1 saturated heterocycles. The van der Waals surface area contributed by atoms with Crippen molar-refractivity contribution >= 4 is 17.8 Å². The number of hydrogen-bond donors (Lipinski definition) is 1. The smallest absolute Gasteiger partial charge is 0.338 e. The monoisotopic (exact) mass is 394 g/mol. The summed E-state index contributed by atoms with van der Waals surface area (Å²) in [6, 6.07) is 4.46. The molecule has 2 amide bonds. The first-order valence-electron chi connectivity index (χ1n) is 9.15. The Labute approximate surface area is 163 Å². The molecule has 1 heterocycles. The van der Waals surface area contributed by atoms with Gasteiger partial charge in [0.25, 0.3) is 11.8 Å². The number of morpholine rings is 1. The number of ether oxygens (including phenoxy) is 4. The number of carbonyl (C=O) groups is 3. The second kappa shape index (κ2) is 11.1. The molecular weight excluding hydrogens is 368 g/mol. The van der Waals surface area contributed by atoms with Crippen molar-refractivity contribution in [1.82, 2.24) is 10.2 Å². The summed E-state index contributed by atoms with van der Waals surface area (Å²) in [6.07, 6.45) is 0.798. The first kappa shape index (κ1) is 21.5. The average Bonchev–Trinajstić information content (AvgIpc) is 2.74. The fourth-order valence-corrected chi connectivity index (χ4v) is 2.49. The number of rotatable bonds is 9. The standard InChI is InChI=1S/C19H26N2O7/c1-3-6-20-17(22)12-28-19(24)14-4-5-15(16(11-14)25-2)27-13-18(23)21-7-9-26-10-8-21/h4-5,11H,3,6-10,12-13H2,1-2H3,(H,20,22). The van der Waals surface area contributed by atoms with E-state index < -0.39 is 5.97 Å². The third-order valence-electron chi connectivity index (χ3n) is 4.02. The molecular formula is C19H26N2O7. The predicted octanol–water partition coefficient (Wildman–Crippen LogP) is 0.616. The van der Waals surface area contributed by atoms with Crippen molar-refractivity contribution in [2.75, 3.05) is 53.2 Å². The molecule has 2 rings (SSSR count). The van der Waals surface area contributed by atoms with E-state index in [2.05, 4.69) is 5.32 Å². The van der Waals surface area contributed by atoms with Crippen LogP contribution in [0.15, 0.2) is 18.2 Å². The van der Waals surface area contributed by atoms with Crippen LogP contribution in [0.1, 0.15) is 23.7 Å². The Kier molecular flexibility index (Phi) is 8.54. The largest absolute Gasteiger partial charge is 0.493 e. The van der Waals surface area contributed by atoms with Crippen LogP contribution in [0, 0.1) is 0 Å². The molecule has 1 aromatic rings. The topological polar surface area (TPSA) is 103 Å². The van der Waals surface area contributed by atoms with Crippen LogP contribution in [0.25, 0.3) is 0 Å². The molecule has 1 aliphatic heterocycles. The van der Waals surface area contributed by atoms with E-state index in [1.807, 2.05) is 6.92 Å². The molecule has 0 radical (unpaired) electrons. The summed E-state index contributed by atoms with van der Waals surface area (Å²) in [5.41, 5.74) is 0.215. The third-order valence-corrected chi connectivity index (χ3v) is 4.02. The van der Waals surface area contributed by atoms with E-state index >= 15 is 0 Å². The molecule has 0 aliphatic carbocycles. The van der Waals surface area contributed by atoms with E-state index in [1.165, 1.54) is 25.3 Å². The maximum atomic E-state index is 12.2. The minimum Gasteiger partial charge on any atom is -0.493 e. The molecule has 0 atom stereocenters. The Bertz CT molecular complexity index is 687. The Morgan fingerprint density at radius 3 is 2.57 bits per heavy atom. The van der Waals surface area contributed by atoms with Crippen molar-refractivity contribution in [2.24, 2.45) is 0 Å². The summed E-state index contributed by atoms with van der Waals surface area (Å²) < 4.78 is 21.0. The molecule has 0 spiro atoms. The minimum absolute atomic E-state index is 0.141. The van der Waals surface area contributed by atoms with Gasteiger partial charge in [0.15, 0.2) is 24.7 Å². The Balaban J connectivity index is 1.90. The molecule has 1 N–H and O–H groups in total. The first-order chi connectivity index (χ1) is 13.5. The molecule has 9 heteroatoms. The molecule has 0 saturated carbocycles. The Morgan fingerprint density at radius 2 is 1.89 bits per heavy atom. The first-order valence-corrected chi connectivity index (χ1v) is 9.15. The predicted molar refractivity (Wildman–Crippen MR) is 99.5 cm³/mol. The number of esters is 1. The number of methoxy groups -OCH3 is 1. The molecule has 0 bridgehead atoms. The summed E-state index contributed by atoms with van der Waals surface area (Å²) in [5.74, 6) is -0.530. The molecule has 1 aliphatic rings. The fraction of sp³-hybridized carbons (Fsp3) is 0.526. The molecule has 9 nitrogen and oxygen atoms in total. The van der Waals surface area contributed by atoms with Gasteiger partial charge in [0.2, 0.25) is 0 Å². The summed E-state index contributed by atoms with van der Waals surface area (Å²) in [4.78, 5) is 37.5. The van der Waals surface area contributed by atoms with E-state index in [4.69, 9.17) is 18.9 Å². The highest BCUT2D eigenvalue weighted by Gasteiger charge is 2.19. The lowest BCUT2D eigenvalue weighted by molar-refractivity contribution is -0.137. The van der Waals surface area contributed by atoms with E-state index in [1.54, 1.807) is 4.90 Å². The van der Waals surface area contributed by atoms with Crippen molar-refractivity contribution in [2.45, 2.75) is 13.3 Å². The summed E-state index contributed by atoms with van der Waals surface area (Å²) >= 11 is 0. The second-order valence-corrected chi connectivity index (χ2v) is 6.07. The van der Waals surface area contributed by atoms with Crippen LogP contribution in [-0.4, -0.2) is 75.9 Å². The quantitative estimate of drug-likeness (QED) is 0.612. The third kappa shape index (κ3) is 6.41. The van der Waals surface area contributed by atoms with Gasteiger partial charge >= 0.3 is 5.97 Å². The highest BCUT2D eigenvalue weighted by molar-refractivity contribution is 5.92. The fourth-order valence-electron chi connectivity index (χ4n) is 2.49. The zero-order valence-corrected chi connectivity index (χ0v) is 16.2. The van der Waals surface area contributed by atoms with Crippen LogP contribution in [0.3, 0.4) is 0 Å². The van der Waals surface area contributed by atoms with Gasteiger partial charge in [-0.25, -0.2) is 4.79 Å². The van der Waals surface area contributed by atoms with E-state index in [-0.39, 0.29) is 30.6 Å². The van der Waals surface area contributed by atoms with Crippen LogP contribution in [0.5, 0.6) is 11.5 Å². The van der Waals surface area contributed by atoms with Crippen LogP contribution in [0.4, 0.5) is 0 Å². The van der Waals surface area contributed by atoms with Gasteiger partial charge in [0.1, 0.15) is 0 Å². The Morgan fingerprint density at radius 1 is 1.14 bits per heavy atom. The van der Waals surface area contributed by atoms with Crippen molar-refractivity contribution in [3.05, 3.63) is 23.8 Å². The molecule has 28 heavy (non-hydrogen) atoms. The van der Waals surface area contributed by atoms with Gasteiger partial charge in [0, 0.05) is 19.6 Å². The van der Waals surface area contributed by atoms with Crippen LogP contribution in [0.2, 0.25) is 0 Å². The second-order valence-electron chi connectivity index (χ2n) is 6.07. The maximum absolute atomic E-state index is 12.2. The number of benzene rings is 1. The Hall–Kier alpha value is -2.81. The van der Waals surface area contributed by atoms with Crippen molar-refractivity contribution in [3.63, 3.8) is 0 Å². The number of nitrogens with one attached hydrogen (secondary N) is 1.